The molecule has 16 heavy (non-hydrogen) atoms. The minimum Gasteiger partial charge on any atom is -0.472 e. The number of aliphatic hydroxyl groups is 1. The van der Waals surface area contributed by atoms with E-state index in [-0.39, 0.29) is 0 Å². The van der Waals surface area contributed by atoms with Crippen LogP contribution in [0.2, 0.25) is 0 Å². The first-order valence-electron chi connectivity index (χ1n) is 6.18. The van der Waals surface area contributed by atoms with Gasteiger partial charge in [0.15, 0.2) is 0 Å². The van der Waals surface area contributed by atoms with Crippen LogP contribution in [0.3, 0.4) is 0 Å². The van der Waals surface area contributed by atoms with Crippen molar-refractivity contribution in [3.05, 3.63) is 24.2 Å². The lowest BCUT2D eigenvalue weighted by Gasteiger charge is -2.30. The highest BCUT2D eigenvalue weighted by Gasteiger charge is 2.21. The van der Waals surface area contributed by atoms with E-state index >= 15 is 0 Å². The summed E-state index contributed by atoms with van der Waals surface area (Å²) in [6.45, 7) is 2.52. The fourth-order valence-electron chi connectivity index (χ4n) is 2.48. The molecule has 0 amide bonds. The lowest BCUT2D eigenvalue weighted by atomic mass is 9.86. The van der Waals surface area contributed by atoms with Gasteiger partial charge in [-0.25, -0.2) is 0 Å². The maximum Gasteiger partial charge on any atom is 0.0950 e. The van der Waals surface area contributed by atoms with Crippen molar-refractivity contribution in [3.63, 3.8) is 0 Å². The van der Waals surface area contributed by atoms with E-state index in [1.165, 1.54) is 18.4 Å². The minimum absolute atomic E-state index is 0.351. The van der Waals surface area contributed by atoms with E-state index < -0.39 is 0 Å². The highest BCUT2D eigenvalue weighted by atomic mass is 16.3. The van der Waals surface area contributed by atoms with E-state index in [9.17, 15) is 0 Å². The van der Waals surface area contributed by atoms with E-state index in [0.717, 1.165) is 12.8 Å². The molecule has 1 atom stereocenters. The number of rotatable bonds is 4. The second-order valence-corrected chi connectivity index (χ2v) is 4.85. The van der Waals surface area contributed by atoms with E-state index in [0.29, 0.717) is 24.6 Å². The predicted molar refractivity (Wildman–Crippen MR) is 63.1 cm³/mol. The number of hydrogen-bond donors (Lipinski definition) is 2. The van der Waals surface area contributed by atoms with Crippen LogP contribution in [0.1, 0.15) is 44.2 Å². The van der Waals surface area contributed by atoms with Crippen LogP contribution < -0.4 is 5.32 Å². The predicted octanol–water partition coefficient (Wildman–Crippen LogP) is 2.48. The Balaban J connectivity index is 1.78. The topological polar surface area (TPSA) is 45.4 Å². The Kier molecular flexibility index (Phi) is 4.02. The monoisotopic (exact) mass is 223 g/mol. The number of nitrogens with one attached hydrogen (secondary N) is 1. The van der Waals surface area contributed by atoms with Gasteiger partial charge in [-0.2, -0.15) is 0 Å². The molecule has 2 N–H and O–H groups in total. The second-order valence-electron chi connectivity index (χ2n) is 4.85. The average molecular weight is 223 g/mol. The average Bonchev–Trinajstić information content (AvgIpc) is 2.83. The first kappa shape index (κ1) is 11.7. The highest BCUT2D eigenvalue weighted by molar-refractivity contribution is 5.10. The van der Waals surface area contributed by atoms with Gasteiger partial charge in [-0.15, -0.1) is 0 Å². The smallest absolute Gasteiger partial charge is 0.0950 e. The zero-order valence-corrected chi connectivity index (χ0v) is 9.86. The Hall–Kier alpha value is -0.800. The SMILES string of the molecule is CC(NC1CCC(CO)CC1)c1ccoc1. The Labute approximate surface area is 96.8 Å². The van der Waals surface area contributed by atoms with Crippen LogP contribution in [0.15, 0.2) is 23.0 Å². The summed E-state index contributed by atoms with van der Waals surface area (Å²) in [5, 5.41) is 12.7. The fourth-order valence-corrected chi connectivity index (χ4v) is 2.48. The Bertz CT molecular complexity index is 289. The van der Waals surface area contributed by atoms with Gasteiger partial charge in [-0.1, -0.05) is 0 Å². The van der Waals surface area contributed by atoms with Gasteiger partial charge in [0.05, 0.1) is 12.5 Å². The normalized spacial score (nSPS) is 27.9. The van der Waals surface area contributed by atoms with Gasteiger partial charge < -0.3 is 14.8 Å². The molecular weight excluding hydrogens is 202 g/mol. The van der Waals surface area contributed by atoms with E-state index in [4.69, 9.17) is 9.52 Å². The van der Waals surface area contributed by atoms with Crippen LogP contribution in [-0.2, 0) is 0 Å². The van der Waals surface area contributed by atoms with Gasteiger partial charge in [0.2, 0.25) is 0 Å². The fraction of sp³-hybridized carbons (Fsp3) is 0.692. The van der Waals surface area contributed by atoms with E-state index in [1.807, 2.05) is 6.07 Å². The van der Waals surface area contributed by atoms with Crippen LogP contribution in [-0.4, -0.2) is 17.8 Å². The van der Waals surface area contributed by atoms with Crippen molar-refractivity contribution in [1.82, 2.24) is 5.32 Å². The molecular formula is C13H21NO2. The minimum atomic E-state index is 0.351. The summed E-state index contributed by atoms with van der Waals surface area (Å²) in [6.07, 6.45) is 8.16. The Morgan fingerprint density at radius 3 is 2.75 bits per heavy atom. The molecule has 1 saturated carbocycles. The molecule has 1 heterocycles. The van der Waals surface area contributed by atoms with Crippen molar-refractivity contribution in [1.29, 1.82) is 0 Å². The van der Waals surface area contributed by atoms with Crippen molar-refractivity contribution < 1.29 is 9.52 Å². The molecule has 0 spiro atoms. The summed E-state index contributed by atoms with van der Waals surface area (Å²) >= 11 is 0. The van der Waals surface area contributed by atoms with Crippen LogP contribution in [0.5, 0.6) is 0 Å². The lowest BCUT2D eigenvalue weighted by Crippen LogP contribution is -2.35. The van der Waals surface area contributed by atoms with Crippen molar-refractivity contribution in [2.75, 3.05) is 6.61 Å². The Morgan fingerprint density at radius 2 is 2.19 bits per heavy atom. The summed E-state index contributed by atoms with van der Waals surface area (Å²) < 4.78 is 5.09. The molecule has 3 heteroatoms. The van der Waals surface area contributed by atoms with Crippen LogP contribution >= 0.6 is 0 Å². The zero-order valence-electron chi connectivity index (χ0n) is 9.86. The maximum atomic E-state index is 9.08. The summed E-state index contributed by atoms with van der Waals surface area (Å²) in [4.78, 5) is 0. The molecule has 0 aromatic carbocycles. The van der Waals surface area contributed by atoms with Gasteiger partial charge >= 0.3 is 0 Å². The molecule has 1 fully saturated rings. The van der Waals surface area contributed by atoms with Crippen LogP contribution in [0, 0.1) is 5.92 Å². The molecule has 1 unspecified atom stereocenters. The molecule has 0 saturated heterocycles. The van der Waals surface area contributed by atoms with Gasteiger partial charge in [0.25, 0.3) is 0 Å². The van der Waals surface area contributed by atoms with Crippen molar-refractivity contribution in [2.45, 2.75) is 44.7 Å². The Morgan fingerprint density at radius 1 is 1.44 bits per heavy atom. The van der Waals surface area contributed by atoms with Gasteiger partial charge in [0.1, 0.15) is 0 Å². The number of aliphatic hydroxyl groups excluding tert-OH is 1. The first-order chi connectivity index (χ1) is 7.79. The molecule has 1 aromatic rings. The summed E-state index contributed by atoms with van der Waals surface area (Å²) in [6, 6.07) is 2.96. The number of hydrogen-bond acceptors (Lipinski definition) is 3. The van der Waals surface area contributed by atoms with Gasteiger partial charge in [-0.05, 0) is 44.6 Å². The standard InChI is InChI=1S/C13H21NO2/c1-10(12-6-7-16-9-12)14-13-4-2-11(8-15)3-5-13/h6-7,9-11,13-15H,2-5,8H2,1H3. The third-order valence-corrected chi connectivity index (χ3v) is 3.63. The van der Waals surface area contributed by atoms with Crippen molar-refractivity contribution >= 4 is 0 Å². The van der Waals surface area contributed by atoms with Crippen molar-refractivity contribution in [3.8, 4) is 0 Å². The van der Waals surface area contributed by atoms with Gasteiger partial charge in [-0.3, -0.25) is 0 Å². The van der Waals surface area contributed by atoms with Crippen molar-refractivity contribution in [2.24, 2.45) is 5.92 Å². The van der Waals surface area contributed by atoms with E-state index in [2.05, 4.69) is 12.2 Å². The number of furan rings is 1. The molecule has 0 bridgehead atoms. The molecule has 1 aliphatic rings. The molecule has 1 aliphatic carbocycles. The quantitative estimate of drug-likeness (QED) is 0.824. The van der Waals surface area contributed by atoms with Crippen LogP contribution in [0.4, 0.5) is 0 Å². The zero-order chi connectivity index (χ0) is 11.4. The third-order valence-electron chi connectivity index (χ3n) is 3.63. The lowest BCUT2D eigenvalue weighted by molar-refractivity contribution is 0.172. The highest BCUT2D eigenvalue weighted by Crippen LogP contribution is 2.25. The summed E-state index contributed by atoms with van der Waals surface area (Å²) in [5.74, 6) is 0.530. The molecule has 3 nitrogen and oxygen atoms in total. The molecule has 1 aromatic heterocycles. The molecule has 90 valence electrons. The van der Waals surface area contributed by atoms with E-state index in [1.54, 1.807) is 12.5 Å². The summed E-state index contributed by atoms with van der Waals surface area (Å²) in [7, 11) is 0. The molecule has 2 rings (SSSR count). The largest absolute Gasteiger partial charge is 0.472 e. The summed E-state index contributed by atoms with van der Waals surface area (Å²) in [5.41, 5.74) is 1.21. The van der Waals surface area contributed by atoms with Gasteiger partial charge in [0, 0.05) is 24.3 Å². The molecule has 0 aliphatic heterocycles. The molecule has 0 radical (unpaired) electrons. The third kappa shape index (κ3) is 2.86. The first-order valence-corrected chi connectivity index (χ1v) is 6.18. The second kappa shape index (κ2) is 5.51. The van der Waals surface area contributed by atoms with Crippen LogP contribution in [0.25, 0.3) is 0 Å². The maximum absolute atomic E-state index is 9.08.